The molecule has 1 heterocycles. The summed E-state index contributed by atoms with van der Waals surface area (Å²) in [5.74, 6) is 0. The summed E-state index contributed by atoms with van der Waals surface area (Å²) in [6.07, 6.45) is 1.24. The van der Waals surface area contributed by atoms with Gasteiger partial charge in [-0.25, -0.2) is 0 Å². The number of anilines is 1. The van der Waals surface area contributed by atoms with Gasteiger partial charge in [0.15, 0.2) is 0 Å². The normalized spacial score (nSPS) is 19.5. The van der Waals surface area contributed by atoms with Crippen LogP contribution in [0.15, 0.2) is 22.7 Å². The molecule has 19 heavy (non-hydrogen) atoms. The van der Waals surface area contributed by atoms with Crippen LogP contribution < -0.4 is 5.73 Å². The molecule has 0 aliphatic carbocycles. The van der Waals surface area contributed by atoms with Gasteiger partial charge in [0.25, 0.3) is 0 Å². The molecule has 0 aromatic heterocycles. The number of hydrogen-bond donors (Lipinski definition) is 1. The fourth-order valence-electron chi connectivity index (χ4n) is 2.57. The molecule has 1 aliphatic heterocycles. The third-order valence-corrected chi connectivity index (χ3v) is 4.62. The van der Waals surface area contributed by atoms with Crippen LogP contribution in [0.3, 0.4) is 0 Å². The number of nitrogen functional groups attached to an aromatic ring is 1. The van der Waals surface area contributed by atoms with Gasteiger partial charge < -0.3 is 5.73 Å². The first-order chi connectivity index (χ1) is 9.10. The number of nitrogens with two attached hydrogens (primary N) is 1. The second-order valence-corrected chi connectivity index (χ2v) is 6.33. The molecular weight excluding hydrogens is 302 g/mol. The SMILES string of the molecule is CCC(C)N1CCN(Cc2ccc(Br)cc2N)CC1. The van der Waals surface area contributed by atoms with E-state index in [0.29, 0.717) is 6.04 Å². The maximum absolute atomic E-state index is 6.07. The molecular formula is C15H24BrN3. The van der Waals surface area contributed by atoms with E-state index >= 15 is 0 Å². The molecule has 1 aliphatic rings. The molecule has 3 nitrogen and oxygen atoms in total. The first-order valence-corrected chi connectivity index (χ1v) is 7.89. The summed E-state index contributed by atoms with van der Waals surface area (Å²) < 4.78 is 1.05. The monoisotopic (exact) mass is 325 g/mol. The second kappa shape index (κ2) is 6.73. The minimum Gasteiger partial charge on any atom is -0.398 e. The maximum Gasteiger partial charge on any atom is 0.0371 e. The van der Waals surface area contributed by atoms with Gasteiger partial charge in [-0.05, 0) is 31.0 Å². The first-order valence-electron chi connectivity index (χ1n) is 7.10. The molecule has 2 rings (SSSR count). The van der Waals surface area contributed by atoms with Crippen LogP contribution in [0, 0.1) is 0 Å². The van der Waals surface area contributed by atoms with Crippen molar-refractivity contribution >= 4 is 21.6 Å². The minimum absolute atomic E-state index is 0.708. The minimum atomic E-state index is 0.708. The Morgan fingerprint density at radius 3 is 2.53 bits per heavy atom. The number of halogens is 1. The number of rotatable bonds is 4. The molecule has 1 fully saturated rings. The summed E-state index contributed by atoms with van der Waals surface area (Å²) in [4.78, 5) is 5.08. The topological polar surface area (TPSA) is 32.5 Å². The highest BCUT2D eigenvalue weighted by atomic mass is 79.9. The predicted octanol–water partition coefficient (Wildman–Crippen LogP) is 2.95. The van der Waals surface area contributed by atoms with E-state index in [2.05, 4.69) is 51.7 Å². The standard InChI is InChI=1S/C15H24BrN3/c1-3-12(2)19-8-6-18(7-9-19)11-13-4-5-14(16)10-15(13)17/h4-5,10,12H,3,6-9,11,17H2,1-2H3. The third kappa shape index (κ3) is 3.94. The van der Waals surface area contributed by atoms with Crippen LogP contribution >= 0.6 is 15.9 Å². The van der Waals surface area contributed by atoms with Gasteiger partial charge in [0.1, 0.15) is 0 Å². The van der Waals surface area contributed by atoms with E-state index in [0.717, 1.165) is 29.8 Å². The van der Waals surface area contributed by atoms with Gasteiger partial charge in [-0.15, -0.1) is 0 Å². The Morgan fingerprint density at radius 2 is 1.95 bits per heavy atom. The Balaban J connectivity index is 1.88. The van der Waals surface area contributed by atoms with Gasteiger partial charge in [-0.1, -0.05) is 28.9 Å². The van der Waals surface area contributed by atoms with Crippen LogP contribution in [0.25, 0.3) is 0 Å². The average Bonchev–Trinajstić information content (AvgIpc) is 2.42. The zero-order valence-corrected chi connectivity index (χ0v) is 13.5. The molecule has 4 heteroatoms. The Morgan fingerprint density at radius 1 is 1.26 bits per heavy atom. The van der Waals surface area contributed by atoms with Crippen molar-refractivity contribution in [3.63, 3.8) is 0 Å². The molecule has 1 atom stereocenters. The highest BCUT2D eigenvalue weighted by Gasteiger charge is 2.20. The number of nitrogens with zero attached hydrogens (tertiary/aromatic N) is 2. The lowest BCUT2D eigenvalue weighted by Gasteiger charge is -2.38. The molecule has 0 radical (unpaired) electrons. The van der Waals surface area contributed by atoms with Crippen LogP contribution in [0.1, 0.15) is 25.8 Å². The highest BCUT2D eigenvalue weighted by molar-refractivity contribution is 9.10. The van der Waals surface area contributed by atoms with E-state index in [1.54, 1.807) is 0 Å². The molecule has 1 unspecified atom stereocenters. The zero-order valence-electron chi connectivity index (χ0n) is 11.9. The Labute approximate surface area is 124 Å². The summed E-state index contributed by atoms with van der Waals surface area (Å²) in [5.41, 5.74) is 8.19. The smallest absolute Gasteiger partial charge is 0.0371 e. The van der Waals surface area contributed by atoms with Crippen LogP contribution in [0.4, 0.5) is 5.69 Å². The lowest BCUT2D eigenvalue weighted by molar-refractivity contribution is 0.0965. The van der Waals surface area contributed by atoms with Crippen molar-refractivity contribution in [2.45, 2.75) is 32.9 Å². The van der Waals surface area contributed by atoms with E-state index in [-0.39, 0.29) is 0 Å². The van der Waals surface area contributed by atoms with Gasteiger partial charge >= 0.3 is 0 Å². The summed E-state index contributed by atoms with van der Waals surface area (Å²) in [6, 6.07) is 6.90. The fourth-order valence-corrected chi connectivity index (χ4v) is 2.95. The van der Waals surface area contributed by atoms with Gasteiger partial charge in [-0.3, -0.25) is 9.80 Å². The van der Waals surface area contributed by atoms with Crippen molar-refractivity contribution < 1.29 is 0 Å². The van der Waals surface area contributed by atoms with E-state index in [9.17, 15) is 0 Å². The summed E-state index contributed by atoms with van der Waals surface area (Å²) in [5, 5.41) is 0. The molecule has 0 amide bonds. The van der Waals surface area contributed by atoms with Crippen molar-refractivity contribution in [2.24, 2.45) is 0 Å². The van der Waals surface area contributed by atoms with E-state index in [1.165, 1.54) is 25.1 Å². The molecule has 106 valence electrons. The van der Waals surface area contributed by atoms with Crippen molar-refractivity contribution in [2.75, 3.05) is 31.9 Å². The highest BCUT2D eigenvalue weighted by Crippen LogP contribution is 2.20. The molecule has 1 aromatic rings. The summed E-state index contributed by atoms with van der Waals surface area (Å²) in [7, 11) is 0. The average molecular weight is 326 g/mol. The largest absolute Gasteiger partial charge is 0.398 e. The van der Waals surface area contributed by atoms with Crippen LogP contribution in [-0.2, 0) is 6.54 Å². The van der Waals surface area contributed by atoms with Crippen molar-refractivity contribution in [3.8, 4) is 0 Å². The van der Waals surface area contributed by atoms with Crippen LogP contribution in [0.2, 0.25) is 0 Å². The van der Waals surface area contributed by atoms with E-state index in [4.69, 9.17) is 5.73 Å². The lowest BCUT2D eigenvalue weighted by atomic mass is 10.1. The van der Waals surface area contributed by atoms with Gasteiger partial charge in [-0.2, -0.15) is 0 Å². The Bertz CT molecular complexity index is 414. The molecule has 1 saturated heterocycles. The van der Waals surface area contributed by atoms with E-state index < -0.39 is 0 Å². The van der Waals surface area contributed by atoms with Crippen LogP contribution in [0.5, 0.6) is 0 Å². The molecule has 1 aromatic carbocycles. The van der Waals surface area contributed by atoms with Gasteiger partial charge in [0, 0.05) is 48.9 Å². The molecule has 0 saturated carbocycles. The zero-order chi connectivity index (χ0) is 13.8. The number of piperazine rings is 1. The molecule has 0 bridgehead atoms. The van der Waals surface area contributed by atoms with E-state index in [1.807, 2.05) is 6.07 Å². The first kappa shape index (κ1) is 14.8. The summed E-state index contributed by atoms with van der Waals surface area (Å²) in [6.45, 7) is 10.2. The number of benzene rings is 1. The fraction of sp³-hybridized carbons (Fsp3) is 0.600. The Kier molecular flexibility index (Phi) is 5.25. The van der Waals surface area contributed by atoms with Gasteiger partial charge in [0.05, 0.1) is 0 Å². The lowest BCUT2D eigenvalue weighted by Crippen LogP contribution is -2.49. The Hall–Kier alpha value is -0.580. The van der Waals surface area contributed by atoms with Crippen molar-refractivity contribution in [1.29, 1.82) is 0 Å². The summed E-state index contributed by atoms with van der Waals surface area (Å²) >= 11 is 3.45. The predicted molar refractivity (Wildman–Crippen MR) is 85.2 cm³/mol. The molecule has 2 N–H and O–H groups in total. The van der Waals surface area contributed by atoms with Crippen molar-refractivity contribution in [1.82, 2.24) is 9.80 Å². The maximum atomic E-state index is 6.07. The van der Waals surface area contributed by atoms with Crippen molar-refractivity contribution in [3.05, 3.63) is 28.2 Å². The quantitative estimate of drug-likeness (QED) is 0.864. The van der Waals surface area contributed by atoms with Gasteiger partial charge in [0.2, 0.25) is 0 Å². The number of hydrogen-bond acceptors (Lipinski definition) is 3. The van der Waals surface area contributed by atoms with Crippen LogP contribution in [-0.4, -0.2) is 42.0 Å². The second-order valence-electron chi connectivity index (χ2n) is 5.41. The molecule has 0 spiro atoms. The third-order valence-electron chi connectivity index (χ3n) is 4.12.